The first-order valence-corrected chi connectivity index (χ1v) is 12.2. The van der Waals surface area contributed by atoms with Crippen LogP contribution in [0.25, 0.3) is 0 Å². The molecule has 0 aromatic heterocycles. The lowest BCUT2D eigenvalue weighted by atomic mass is 9.86. The maximum absolute atomic E-state index is 12.7. The summed E-state index contributed by atoms with van der Waals surface area (Å²) >= 11 is 6.13. The van der Waals surface area contributed by atoms with Crippen LogP contribution in [-0.2, 0) is 21.2 Å². The fourth-order valence-electron chi connectivity index (χ4n) is 3.66. The lowest BCUT2D eigenvalue weighted by molar-refractivity contribution is -0.123. The second-order valence-corrected chi connectivity index (χ2v) is 10.5. The van der Waals surface area contributed by atoms with Crippen molar-refractivity contribution < 1.29 is 23.1 Å². The highest BCUT2D eigenvalue weighted by Crippen LogP contribution is 2.44. The van der Waals surface area contributed by atoms with Crippen LogP contribution in [-0.4, -0.2) is 54.8 Å². The summed E-state index contributed by atoms with van der Waals surface area (Å²) in [5.74, 6) is -0.0377. The number of nitrogens with zero attached hydrogens (tertiary/aromatic N) is 1. The highest BCUT2D eigenvalue weighted by molar-refractivity contribution is 7.88. The molecule has 0 bridgehead atoms. The summed E-state index contributed by atoms with van der Waals surface area (Å²) in [5.41, 5.74) is 0.410. The number of ether oxygens (including phenoxy) is 1. The lowest BCUT2D eigenvalue weighted by Crippen LogP contribution is -2.56. The predicted octanol–water partition coefficient (Wildman–Crippen LogP) is 2.53. The number of amides is 1. The van der Waals surface area contributed by atoms with Crippen molar-refractivity contribution in [2.24, 2.45) is 0 Å². The fraction of sp³-hybridized carbons (Fsp3) is 0.409. The molecule has 2 N–H and O–H groups in total. The molecule has 0 radical (unpaired) electrons. The van der Waals surface area contributed by atoms with Gasteiger partial charge in [0.05, 0.1) is 18.8 Å². The molecule has 2 atom stereocenters. The smallest absolute Gasteiger partial charge is 0.235 e. The lowest BCUT2D eigenvalue weighted by Gasteiger charge is -2.45. The number of aliphatic hydroxyl groups is 1. The number of nitrogens with one attached hydrogen (secondary N) is 1. The number of hydrogen-bond acceptors (Lipinski definition) is 5. The van der Waals surface area contributed by atoms with Gasteiger partial charge in [0.15, 0.2) is 0 Å². The quantitative estimate of drug-likeness (QED) is 0.653. The number of aliphatic hydroxyl groups excluding tert-OH is 1. The normalized spacial score (nSPS) is 20.1. The van der Waals surface area contributed by atoms with Gasteiger partial charge in [-0.1, -0.05) is 41.9 Å². The van der Waals surface area contributed by atoms with Crippen LogP contribution in [0.2, 0.25) is 5.02 Å². The Kier molecular flexibility index (Phi) is 6.95. The Bertz CT molecular complexity index is 1040. The zero-order valence-electron chi connectivity index (χ0n) is 17.7. The van der Waals surface area contributed by atoms with Crippen LogP contribution in [0, 0.1) is 0 Å². The van der Waals surface area contributed by atoms with Crippen molar-refractivity contribution in [3.8, 4) is 5.75 Å². The van der Waals surface area contributed by atoms with E-state index in [4.69, 9.17) is 16.3 Å². The Labute approximate surface area is 188 Å². The van der Waals surface area contributed by atoms with Crippen molar-refractivity contribution >= 4 is 27.5 Å². The molecule has 0 saturated carbocycles. The van der Waals surface area contributed by atoms with Crippen LogP contribution < -0.4 is 10.1 Å². The molecule has 2 aromatic rings. The molecule has 0 saturated heterocycles. The zero-order valence-corrected chi connectivity index (χ0v) is 19.3. The van der Waals surface area contributed by atoms with Gasteiger partial charge in [0.25, 0.3) is 0 Å². The van der Waals surface area contributed by atoms with E-state index in [-0.39, 0.29) is 0 Å². The van der Waals surface area contributed by atoms with Gasteiger partial charge in [0.2, 0.25) is 15.9 Å². The fourth-order valence-corrected chi connectivity index (χ4v) is 4.83. The number of carbonyl (C=O) groups excluding carboxylic acids is 1. The van der Waals surface area contributed by atoms with E-state index in [9.17, 15) is 18.3 Å². The molecule has 0 fully saturated rings. The molecular weight excluding hydrogens is 440 g/mol. The van der Waals surface area contributed by atoms with Crippen molar-refractivity contribution in [3.63, 3.8) is 0 Å². The van der Waals surface area contributed by atoms with Crippen LogP contribution in [0.3, 0.4) is 0 Å². The van der Waals surface area contributed by atoms with E-state index < -0.39 is 40.2 Å². The number of sulfonamides is 1. The molecule has 1 aliphatic heterocycles. The summed E-state index contributed by atoms with van der Waals surface area (Å²) in [4.78, 5) is 12.6. The van der Waals surface area contributed by atoms with Gasteiger partial charge < -0.3 is 15.2 Å². The molecule has 31 heavy (non-hydrogen) atoms. The van der Waals surface area contributed by atoms with E-state index in [1.165, 1.54) is 0 Å². The van der Waals surface area contributed by atoms with Crippen molar-refractivity contribution in [1.29, 1.82) is 0 Å². The first kappa shape index (κ1) is 23.5. The summed E-state index contributed by atoms with van der Waals surface area (Å²) < 4.78 is 32.2. The minimum absolute atomic E-state index is 0.366. The summed E-state index contributed by atoms with van der Waals surface area (Å²) in [5, 5.41) is 14.1. The van der Waals surface area contributed by atoms with Gasteiger partial charge in [-0.15, -0.1) is 0 Å². The molecule has 2 aromatic carbocycles. The number of hydrogen-bond donors (Lipinski definition) is 2. The van der Waals surface area contributed by atoms with Gasteiger partial charge in [-0.2, -0.15) is 4.31 Å². The molecule has 1 heterocycles. The van der Waals surface area contributed by atoms with Crippen LogP contribution in [0.1, 0.15) is 31.0 Å². The maximum atomic E-state index is 12.7. The van der Waals surface area contributed by atoms with Crippen LogP contribution in [0.5, 0.6) is 5.75 Å². The molecule has 1 aliphatic rings. The average Bonchev–Trinajstić information content (AvgIpc) is 2.68. The molecule has 3 rings (SSSR count). The van der Waals surface area contributed by atoms with E-state index in [2.05, 4.69) is 5.32 Å². The van der Waals surface area contributed by atoms with Crippen molar-refractivity contribution in [3.05, 3.63) is 64.7 Å². The molecule has 1 amide bonds. The zero-order chi connectivity index (χ0) is 22.8. The molecule has 7 nitrogen and oxygen atoms in total. The summed E-state index contributed by atoms with van der Waals surface area (Å²) in [7, 11) is -3.86. The topological polar surface area (TPSA) is 95.9 Å². The van der Waals surface area contributed by atoms with Crippen LogP contribution in [0.15, 0.2) is 48.5 Å². The Morgan fingerprint density at radius 3 is 2.55 bits per heavy atom. The van der Waals surface area contributed by atoms with Gasteiger partial charge in [-0.3, -0.25) is 4.79 Å². The highest BCUT2D eigenvalue weighted by atomic mass is 35.5. The molecule has 9 heteroatoms. The molecule has 0 aliphatic carbocycles. The molecule has 0 spiro atoms. The first-order chi connectivity index (χ1) is 14.5. The number of fused-ring (bicyclic) bond motifs is 1. The Morgan fingerprint density at radius 1 is 1.23 bits per heavy atom. The summed E-state index contributed by atoms with van der Waals surface area (Å²) in [6.07, 6.45) is 0.422. The third-order valence-corrected chi connectivity index (χ3v) is 6.73. The van der Waals surface area contributed by atoms with E-state index in [1.807, 2.05) is 30.3 Å². The SMILES string of the molecule is CC1(C)Oc2ccc(Cl)cc2[C@H](N(CC(=O)NCCc2ccccc2)S(C)(=O)=O)[C@H]1O. The number of halogens is 1. The van der Waals surface area contributed by atoms with Crippen molar-refractivity contribution in [2.75, 3.05) is 19.3 Å². The van der Waals surface area contributed by atoms with Crippen molar-refractivity contribution in [1.82, 2.24) is 9.62 Å². The van der Waals surface area contributed by atoms with Gasteiger partial charge >= 0.3 is 0 Å². The third-order valence-electron chi connectivity index (χ3n) is 5.29. The number of benzene rings is 2. The number of carbonyl (C=O) groups is 1. The Morgan fingerprint density at radius 2 is 1.90 bits per heavy atom. The van der Waals surface area contributed by atoms with Gasteiger partial charge in [-0.05, 0) is 44.0 Å². The molecule has 0 unspecified atom stereocenters. The molecular formula is C22H27ClN2O5S. The maximum Gasteiger partial charge on any atom is 0.235 e. The second kappa shape index (κ2) is 9.16. The Hall–Kier alpha value is -2.13. The minimum Gasteiger partial charge on any atom is -0.485 e. The standard InChI is InChI=1S/C22H27ClN2O5S/c1-22(2)21(27)20(17-13-16(23)9-10-18(17)30-22)25(31(3,28)29)14-19(26)24-12-11-15-7-5-4-6-8-15/h4-10,13,20-21,27H,11-12,14H2,1-3H3,(H,24,26)/t20-,21+/m0/s1. The summed E-state index contributed by atoms with van der Waals surface area (Å²) in [6, 6.07) is 13.5. The highest BCUT2D eigenvalue weighted by Gasteiger charge is 2.48. The molecule has 168 valence electrons. The van der Waals surface area contributed by atoms with E-state index in [0.717, 1.165) is 16.1 Å². The van der Waals surface area contributed by atoms with Crippen LogP contribution >= 0.6 is 11.6 Å². The minimum atomic E-state index is -3.86. The van der Waals surface area contributed by atoms with E-state index in [0.29, 0.717) is 29.3 Å². The second-order valence-electron chi connectivity index (χ2n) is 8.17. The number of rotatable bonds is 7. The van der Waals surface area contributed by atoms with Crippen LogP contribution in [0.4, 0.5) is 0 Å². The van der Waals surface area contributed by atoms with Gasteiger partial charge in [-0.25, -0.2) is 8.42 Å². The van der Waals surface area contributed by atoms with Gasteiger partial charge in [0.1, 0.15) is 17.5 Å². The first-order valence-electron chi connectivity index (χ1n) is 9.93. The van der Waals surface area contributed by atoms with Gasteiger partial charge in [0, 0.05) is 17.1 Å². The van der Waals surface area contributed by atoms with Crippen molar-refractivity contribution in [2.45, 2.75) is 38.0 Å². The van der Waals surface area contributed by atoms with E-state index in [1.54, 1.807) is 32.0 Å². The third kappa shape index (κ3) is 5.57. The monoisotopic (exact) mass is 466 g/mol. The average molecular weight is 467 g/mol. The Balaban J connectivity index is 1.83. The summed E-state index contributed by atoms with van der Waals surface area (Å²) in [6.45, 7) is 3.27. The predicted molar refractivity (Wildman–Crippen MR) is 120 cm³/mol. The largest absolute Gasteiger partial charge is 0.485 e. The van der Waals surface area contributed by atoms with E-state index >= 15 is 0 Å².